The Morgan fingerprint density at radius 1 is 1.40 bits per heavy atom. The van der Waals surface area contributed by atoms with Crippen molar-refractivity contribution in [3.05, 3.63) is 53.9 Å². The molecule has 4 rings (SSSR count). The summed E-state index contributed by atoms with van der Waals surface area (Å²) < 4.78 is 34.7. The molecule has 30 heavy (non-hydrogen) atoms. The zero-order valence-electron chi connectivity index (χ0n) is 16.3. The molecule has 1 saturated heterocycles. The van der Waals surface area contributed by atoms with Gasteiger partial charge in [-0.25, -0.2) is 23.1 Å². The van der Waals surface area contributed by atoms with Crippen LogP contribution in [0.1, 0.15) is 31.4 Å². The zero-order valence-corrected chi connectivity index (χ0v) is 16.3. The van der Waals surface area contributed by atoms with E-state index in [-0.39, 0.29) is 23.9 Å². The Kier molecular flexibility index (Phi) is 5.49. The van der Waals surface area contributed by atoms with Crippen LogP contribution in [0.25, 0.3) is 5.65 Å². The number of anilines is 1. The summed E-state index contributed by atoms with van der Waals surface area (Å²) in [7, 11) is 0. The van der Waals surface area contributed by atoms with Gasteiger partial charge in [-0.2, -0.15) is 5.10 Å². The molecule has 2 N–H and O–H groups in total. The van der Waals surface area contributed by atoms with Crippen molar-refractivity contribution >= 4 is 17.6 Å². The molecule has 1 fully saturated rings. The molecule has 3 heterocycles. The third-order valence-electron chi connectivity index (χ3n) is 4.93. The van der Waals surface area contributed by atoms with Crippen LogP contribution in [-0.4, -0.2) is 45.0 Å². The van der Waals surface area contributed by atoms with Crippen molar-refractivity contribution in [1.29, 1.82) is 0 Å². The number of nitrogens with one attached hydrogen (secondary N) is 1. The van der Waals surface area contributed by atoms with Crippen LogP contribution in [0.3, 0.4) is 0 Å². The van der Waals surface area contributed by atoms with E-state index >= 15 is 0 Å². The lowest BCUT2D eigenvalue weighted by Gasteiger charge is -2.26. The van der Waals surface area contributed by atoms with Crippen LogP contribution in [0.5, 0.6) is 5.75 Å². The average Bonchev–Trinajstić information content (AvgIpc) is 3.35. The summed E-state index contributed by atoms with van der Waals surface area (Å²) in [5, 5.41) is 15.8. The van der Waals surface area contributed by atoms with Gasteiger partial charge in [0.25, 0.3) is 0 Å². The predicted octanol–water partition coefficient (Wildman–Crippen LogP) is 2.82. The third kappa shape index (κ3) is 4.04. The Labute approximate surface area is 171 Å². The van der Waals surface area contributed by atoms with E-state index in [0.29, 0.717) is 24.4 Å². The molecule has 1 amide bonds. The van der Waals surface area contributed by atoms with Gasteiger partial charge < -0.3 is 20.1 Å². The predicted molar refractivity (Wildman–Crippen MR) is 104 cm³/mol. The Bertz CT molecular complexity index is 1070. The summed E-state index contributed by atoms with van der Waals surface area (Å²) >= 11 is 0. The second-order valence-corrected chi connectivity index (χ2v) is 7.20. The topological polar surface area (TPSA) is 92.0 Å². The molecular weight excluding hydrogens is 396 g/mol. The SMILES string of the molecule is CC(O)CNC(=O)Oc1cnn2ccc(N3CCC[C@@H]3c3cc(F)ccc3F)nc12. The molecular formula is C20H21F2N5O3. The Hall–Kier alpha value is -3.27. The summed E-state index contributed by atoms with van der Waals surface area (Å²) in [6, 6.07) is 4.83. The molecule has 2 atom stereocenters. The van der Waals surface area contributed by atoms with Gasteiger partial charge in [0.05, 0.1) is 18.3 Å². The van der Waals surface area contributed by atoms with E-state index in [1.165, 1.54) is 23.7 Å². The number of rotatable bonds is 5. The standard InChI is InChI=1S/C20H21F2N5O3/c1-12(28)10-23-20(29)30-17-11-24-27-8-6-18(25-19(17)27)26-7-2-3-16(26)14-9-13(21)4-5-15(14)22/h4-6,8-9,11-12,16,28H,2-3,7,10H2,1H3,(H,23,29)/t12?,16-/m1/s1. The van der Waals surface area contributed by atoms with Gasteiger partial charge in [-0.3, -0.25) is 0 Å². The van der Waals surface area contributed by atoms with Gasteiger partial charge in [0.15, 0.2) is 5.75 Å². The fraction of sp³-hybridized carbons (Fsp3) is 0.350. The number of ether oxygens (including phenoxy) is 1. The maximum atomic E-state index is 14.3. The molecule has 10 heteroatoms. The van der Waals surface area contributed by atoms with Crippen LogP contribution >= 0.6 is 0 Å². The molecule has 3 aromatic rings. The molecule has 0 bridgehead atoms. The van der Waals surface area contributed by atoms with E-state index in [0.717, 1.165) is 18.6 Å². The number of aliphatic hydroxyl groups is 1. The number of aromatic nitrogens is 3. The van der Waals surface area contributed by atoms with Crippen molar-refractivity contribution in [2.75, 3.05) is 18.0 Å². The summed E-state index contributed by atoms with van der Waals surface area (Å²) in [6.07, 6.45) is 3.05. The van der Waals surface area contributed by atoms with Crippen LogP contribution in [-0.2, 0) is 0 Å². The Balaban J connectivity index is 1.61. The van der Waals surface area contributed by atoms with Crippen LogP contribution in [0.2, 0.25) is 0 Å². The van der Waals surface area contributed by atoms with Crippen molar-refractivity contribution < 1.29 is 23.4 Å². The highest BCUT2D eigenvalue weighted by Gasteiger charge is 2.30. The van der Waals surface area contributed by atoms with Crippen molar-refractivity contribution in [2.24, 2.45) is 0 Å². The average molecular weight is 417 g/mol. The maximum absolute atomic E-state index is 14.3. The minimum Gasteiger partial charge on any atom is -0.405 e. The molecule has 1 aliphatic rings. The maximum Gasteiger partial charge on any atom is 0.412 e. The van der Waals surface area contributed by atoms with E-state index in [1.807, 2.05) is 4.90 Å². The molecule has 0 radical (unpaired) electrons. The van der Waals surface area contributed by atoms with E-state index in [2.05, 4.69) is 15.4 Å². The molecule has 0 saturated carbocycles. The lowest BCUT2D eigenvalue weighted by Crippen LogP contribution is -2.32. The lowest BCUT2D eigenvalue weighted by molar-refractivity contribution is 0.172. The van der Waals surface area contributed by atoms with E-state index in [1.54, 1.807) is 12.3 Å². The van der Waals surface area contributed by atoms with Crippen molar-refractivity contribution in [3.63, 3.8) is 0 Å². The number of hydrogen-bond acceptors (Lipinski definition) is 6. The molecule has 158 valence electrons. The second kappa shape index (κ2) is 8.23. The number of aliphatic hydroxyl groups excluding tert-OH is 1. The van der Waals surface area contributed by atoms with Crippen LogP contribution in [0.4, 0.5) is 19.4 Å². The number of carbonyl (C=O) groups excluding carboxylic acids is 1. The van der Waals surface area contributed by atoms with E-state index in [9.17, 15) is 18.7 Å². The number of halogens is 2. The van der Waals surface area contributed by atoms with Gasteiger partial charge >= 0.3 is 6.09 Å². The molecule has 1 aliphatic heterocycles. The lowest BCUT2D eigenvalue weighted by atomic mass is 10.0. The summed E-state index contributed by atoms with van der Waals surface area (Å²) in [5.74, 6) is -0.259. The fourth-order valence-electron chi connectivity index (χ4n) is 3.57. The molecule has 2 aromatic heterocycles. The number of amides is 1. The van der Waals surface area contributed by atoms with Gasteiger partial charge in [-0.05, 0) is 44.0 Å². The highest BCUT2D eigenvalue weighted by Crippen LogP contribution is 2.37. The van der Waals surface area contributed by atoms with Gasteiger partial charge in [0, 0.05) is 24.8 Å². The van der Waals surface area contributed by atoms with Crippen LogP contribution in [0, 0.1) is 11.6 Å². The summed E-state index contributed by atoms with van der Waals surface area (Å²) in [5.41, 5.74) is 0.599. The smallest absolute Gasteiger partial charge is 0.405 e. The van der Waals surface area contributed by atoms with Crippen molar-refractivity contribution in [3.8, 4) is 5.75 Å². The Morgan fingerprint density at radius 3 is 3.03 bits per heavy atom. The quantitative estimate of drug-likeness (QED) is 0.663. The molecule has 0 spiro atoms. The zero-order chi connectivity index (χ0) is 21.3. The van der Waals surface area contributed by atoms with Gasteiger partial charge in [0.2, 0.25) is 5.65 Å². The second-order valence-electron chi connectivity index (χ2n) is 7.20. The van der Waals surface area contributed by atoms with Gasteiger partial charge in [-0.1, -0.05) is 0 Å². The number of hydrogen-bond donors (Lipinski definition) is 2. The van der Waals surface area contributed by atoms with Crippen molar-refractivity contribution in [1.82, 2.24) is 19.9 Å². The highest BCUT2D eigenvalue weighted by molar-refractivity contribution is 5.73. The monoisotopic (exact) mass is 417 g/mol. The largest absolute Gasteiger partial charge is 0.412 e. The molecule has 1 unspecified atom stereocenters. The molecule has 0 aliphatic carbocycles. The first-order chi connectivity index (χ1) is 14.4. The van der Waals surface area contributed by atoms with Crippen molar-refractivity contribution in [2.45, 2.75) is 31.9 Å². The minimum absolute atomic E-state index is 0.0470. The van der Waals surface area contributed by atoms with Gasteiger partial charge in [-0.15, -0.1) is 0 Å². The number of fused-ring (bicyclic) bond motifs is 1. The summed E-state index contributed by atoms with van der Waals surface area (Å²) in [6.45, 7) is 2.21. The first-order valence-electron chi connectivity index (χ1n) is 9.62. The van der Waals surface area contributed by atoms with E-state index in [4.69, 9.17) is 4.74 Å². The number of nitrogens with zero attached hydrogens (tertiary/aromatic N) is 4. The highest BCUT2D eigenvalue weighted by atomic mass is 19.1. The number of benzene rings is 1. The molecule has 1 aromatic carbocycles. The Morgan fingerprint density at radius 2 is 2.23 bits per heavy atom. The summed E-state index contributed by atoms with van der Waals surface area (Å²) in [4.78, 5) is 18.4. The third-order valence-corrected chi connectivity index (χ3v) is 4.93. The van der Waals surface area contributed by atoms with Crippen LogP contribution in [0.15, 0.2) is 36.7 Å². The van der Waals surface area contributed by atoms with Crippen LogP contribution < -0.4 is 15.0 Å². The first-order valence-corrected chi connectivity index (χ1v) is 9.62. The normalized spacial score (nSPS) is 17.3. The first kappa shape index (κ1) is 20.0. The minimum atomic E-state index is -0.737. The fourth-order valence-corrected chi connectivity index (χ4v) is 3.57. The van der Waals surface area contributed by atoms with Gasteiger partial charge in [0.1, 0.15) is 17.5 Å². The molecule has 8 nitrogen and oxygen atoms in total. The number of carbonyl (C=O) groups is 1. The van der Waals surface area contributed by atoms with E-state index < -0.39 is 23.8 Å².